The van der Waals surface area contributed by atoms with Crippen LogP contribution in [-0.4, -0.2) is 33.1 Å². The van der Waals surface area contributed by atoms with Gasteiger partial charge in [-0.15, -0.1) is 0 Å². The summed E-state index contributed by atoms with van der Waals surface area (Å²) in [5.41, 5.74) is 11.4. The first-order chi connectivity index (χ1) is 17.0. The summed E-state index contributed by atoms with van der Waals surface area (Å²) in [6, 6.07) is 18.0. The average Bonchev–Trinajstić information content (AvgIpc) is 3.43. The van der Waals surface area contributed by atoms with Crippen molar-refractivity contribution in [3.05, 3.63) is 76.9 Å². The van der Waals surface area contributed by atoms with Gasteiger partial charge in [0.15, 0.2) is 18.1 Å². The summed E-state index contributed by atoms with van der Waals surface area (Å²) in [4.78, 5) is 12.0. The van der Waals surface area contributed by atoms with Gasteiger partial charge in [-0.3, -0.25) is 0 Å². The van der Waals surface area contributed by atoms with Gasteiger partial charge in [0.25, 0.3) is 0 Å². The average molecular weight is 476 g/mol. The van der Waals surface area contributed by atoms with Gasteiger partial charge in [-0.05, 0) is 59.9 Å². The van der Waals surface area contributed by atoms with Gasteiger partial charge in [0, 0.05) is 29.2 Å². The maximum absolute atomic E-state index is 12.0. The van der Waals surface area contributed by atoms with E-state index < -0.39 is 5.97 Å². The zero-order valence-corrected chi connectivity index (χ0v) is 20.1. The number of methoxy groups -OCH3 is 1. The van der Waals surface area contributed by atoms with E-state index in [0.717, 1.165) is 28.2 Å². The van der Waals surface area contributed by atoms with E-state index in [2.05, 4.69) is 25.1 Å². The number of benzene rings is 3. The first-order valence-electron chi connectivity index (χ1n) is 11.7. The first kappa shape index (κ1) is 22.9. The molecule has 0 saturated carbocycles. The molecule has 35 heavy (non-hydrogen) atoms. The Morgan fingerprint density at radius 1 is 0.971 bits per heavy atom. The van der Waals surface area contributed by atoms with Crippen molar-refractivity contribution in [2.45, 2.75) is 25.7 Å². The molecule has 0 radical (unpaired) electrons. The van der Waals surface area contributed by atoms with Gasteiger partial charge < -0.3 is 29.4 Å². The Labute approximate surface area is 204 Å². The van der Waals surface area contributed by atoms with Gasteiger partial charge in [-0.2, -0.15) is 0 Å². The molecule has 0 fully saturated rings. The zero-order chi connectivity index (χ0) is 24.5. The minimum atomic E-state index is -0.413. The molecule has 0 amide bonds. The molecule has 5 rings (SSSR count). The van der Waals surface area contributed by atoms with Crippen LogP contribution in [0.3, 0.4) is 0 Å². The second-order valence-electron chi connectivity index (χ2n) is 8.81. The van der Waals surface area contributed by atoms with E-state index in [0.29, 0.717) is 23.8 Å². The molecule has 7 nitrogen and oxygen atoms in total. The Hall–Kier alpha value is -3.87. The quantitative estimate of drug-likeness (QED) is 0.385. The maximum atomic E-state index is 12.0. The van der Waals surface area contributed by atoms with Gasteiger partial charge in [-0.25, -0.2) is 4.79 Å². The number of esters is 1. The summed E-state index contributed by atoms with van der Waals surface area (Å²) >= 11 is 0. The molecule has 0 aromatic heterocycles. The van der Waals surface area contributed by atoms with Crippen molar-refractivity contribution in [2.75, 3.05) is 32.9 Å². The molecule has 3 aromatic carbocycles. The summed E-state index contributed by atoms with van der Waals surface area (Å²) in [5, 5.41) is 0. The SMILES string of the molecule is CCOC(=O)COc1cc(OC)ccc1[C@@H]1c2cc(N)ccc2[C@H](c2ccc3c(c2)OCO3)C1C. The van der Waals surface area contributed by atoms with Crippen LogP contribution in [-0.2, 0) is 9.53 Å². The molecule has 2 aliphatic rings. The minimum Gasteiger partial charge on any atom is -0.497 e. The van der Waals surface area contributed by atoms with E-state index in [1.165, 1.54) is 5.56 Å². The number of carbonyl (C=O) groups excluding carboxylic acids is 1. The largest absolute Gasteiger partial charge is 0.497 e. The predicted octanol–water partition coefficient (Wildman–Crippen LogP) is 4.86. The number of ether oxygens (including phenoxy) is 5. The Morgan fingerprint density at radius 3 is 2.57 bits per heavy atom. The Balaban J connectivity index is 1.57. The van der Waals surface area contributed by atoms with Gasteiger partial charge in [0.1, 0.15) is 11.5 Å². The van der Waals surface area contributed by atoms with Crippen LogP contribution in [0.15, 0.2) is 54.6 Å². The van der Waals surface area contributed by atoms with E-state index in [1.807, 2.05) is 36.4 Å². The molecule has 1 unspecified atom stereocenters. The summed E-state index contributed by atoms with van der Waals surface area (Å²) in [7, 11) is 1.61. The molecule has 3 atom stereocenters. The first-order valence-corrected chi connectivity index (χ1v) is 11.7. The van der Waals surface area contributed by atoms with Crippen molar-refractivity contribution >= 4 is 11.7 Å². The lowest BCUT2D eigenvalue weighted by molar-refractivity contribution is -0.145. The van der Waals surface area contributed by atoms with Crippen LogP contribution >= 0.6 is 0 Å². The fourth-order valence-corrected chi connectivity index (χ4v) is 5.31. The van der Waals surface area contributed by atoms with Crippen molar-refractivity contribution < 1.29 is 28.5 Å². The van der Waals surface area contributed by atoms with Crippen LogP contribution in [0.25, 0.3) is 0 Å². The highest BCUT2D eigenvalue weighted by Crippen LogP contribution is 2.55. The third-order valence-corrected chi connectivity index (χ3v) is 6.79. The van der Waals surface area contributed by atoms with Crippen LogP contribution in [0.5, 0.6) is 23.0 Å². The maximum Gasteiger partial charge on any atom is 0.344 e. The van der Waals surface area contributed by atoms with E-state index in [-0.39, 0.29) is 31.2 Å². The smallest absolute Gasteiger partial charge is 0.344 e. The molecule has 182 valence electrons. The molecule has 1 heterocycles. The van der Waals surface area contributed by atoms with Crippen molar-refractivity contribution in [1.82, 2.24) is 0 Å². The van der Waals surface area contributed by atoms with E-state index in [4.69, 9.17) is 29.4 Å². The van der Waals surface area contributed by atoms with E-state index in [9.17, 15) is 4.79 Å². The molecule has 1 aliphatic carbocycles. The molecule has 0 bridgehead atoms. The van der Waals surface area contributed by atoms with Gasteiger partial charge in [-0.1, -0.05) is 25.1 Å². The van der Waals surface area contributed by atoms with Crippen molar-refractivity contribution in [3.63, 3.8) is 0 Å². The van der Waals surface area contributed by atoms with Gasteiger partial charge in [0.2, 0.25) is 6.79 Å². The highest BCUT2D eigenvalue weighted by atomic mass is 16.7. The minimum absolute atomic E-state index is 0.00738. The third-order valence-electron chi connectivity index (χ3n) is 6.79. The lowest BCUT2D eigenvalue weighted by atomic mass is 9.80. The van der Waals surface area contributed by atoms with Crippen LogP contribution in [0, 0.1) is 5.92 Å². The summed E-state index contributed by atoms with van der Waals surface area (Å²) in [6.45, 7) is 4.37. The Morgan fingerprint density at radius 2 is 1.77 bits per heavy atom. The highest BCUT2D eigenvalue weighted by Gasteiger charge is 2.41. The standard InChI is InChI=1S/C28H29NO6/c1-4-32-26(30)14-33-24-13-19(31-3)7-9-21(24)28-16(2)27(20-8-6-18(29)12-22(20)28)17-5-10-23-25(11-17)35-15-34-23/h5-13,16,27-28H,4,14-15,29H2,1-3H3/t16?,27-,28+/m0/s1. The number of fused-ring (bicyclic) bond motifs is 2. The molecular formula is C28H29NO6. The van der Waals surface area contributed by atoms with E-state index in [1.54, 1.807) is 14.0 Å². The number of nitrogen functional groups attached to an aromatic ring is 1. The molecule has 0 saturated heterocycles. The summed E-state index contributed by atoms with van der Waals surface area (Å²) in [6.07, 6.45) is 0. The van der Waals surface area contributed by atoms with Crippen LogP contribution in [0.2, 0.25) is 0 Å². The number of hydrogen-bond donors (Lipinski definition) is 1. The lowest BCUT2D eigenvalue weighted by Gasteiger charge is -2.24. The second kappa shape index (κ2) is 9.41. The highest BCUT2D eigenvalue weighted by molar-refractivity contribution is 5.71. The molecule has 3 aromatic rings. The van der Waals surface area contributed by atoms with Crippen molar-refractivity contribution in [2.24, 2.45) is 5.92 Å². The normalized spacial score (nSPS) is 19.8. The van der Waals surface area contributed by atoms with Crippen LogP contribution in [0.4, 0.5) is 5.69 Å². The topological polar surface area (TPSA) is 89.2 Å². The van der Waals surface area contributed by atoms with Crippen molar-refractivity contribution in [3.8, 4) is 23.0 Å². The molecule has 0 spiro atoms. The number of carbonyl (C=O) groups is 1. The zero-order valence-electron chi connectivity index (χ0n) is 20.1. The summed E-state index contributed by atoms with van der Waals surface area (Å²) in [5.74, 6) is 2.63. The van der Waals surface area contributed by atoms with Crippen LogP contribution in [0.1, 0.15) is 47.9 Å². The van der Waals surface area contributed by atoms with Crippen molar-refractivity contribution in [1.29, 1.82) is 0 Å². The van der Waals surface area contributed by atoms with Gasteiger partial charge in [0.05, 0.1) is 13.7 Å². The number of nitrogens with two attached hydrogens (primary N) is 1. The number of hydrogen-bond acceptors (Lipinski definition) is 7. The predicted molar refractivity (Wildman–Crippen MR) is 131 cm³/mol. The van der Waals surface area contributed by atoms with Crippen LogP contribution < -0.4 is 24.7 Å². The Kier molecular flexibility index (Phi) is 6.16. The molecular weight excluding hydrogens is 446 g/mol. The fraction of sp³-hybridized carbons (Fsp3) is 0.321. The molecule has 7 heteroatoms. The Bertz CT molecular complexity index is 1260. The number of rotatable bonds is 7. The lowest BCUT2D eigenvalue weighted by Crippen LogP contribution is -2.17. The second-order valence-corrected chi connectivity index (χ2v) is 8.81. The molecule has 1 aliphatic heterocycles. The van der Waals surface area contributed by atoms with E-state index >= 15 is 0 Å². The third kappa shape index (κ3) is 4.22. The fourth-order valence-electron chi connectivity index (χ4n) is 5.31. The monoisotopic (exact) mass is 475 g/mol. The van der Waals surface area contributed by atoms with Gasteiger partial charge >= 0.3 is 5.97 Å². The molecule has 2 N–H and O–H groups in total. The summed E-state index contributed by atoms with van der Waals surface area (Å²) < 4.78 is 27.6. The number of anilines is 1.